The van der Waals surface area contributed by atoms with Crippen molar-refractivity contribution in [1.29, 1.82) is 0 Å². The van der Waals surface area contributed by atoms with Gasteiger partial charge in [-0.15, -0.1) is 0 Å². The van der Waals surface area contributed by atoms with Crippen molar-refractivity contribution in [2.45, 2.75) is 52.0 Å². The van der Waals surface area contributed by atoms with Gasteiger partial charge in [0.1, 0.15) is 6.04 Å². The van der Waals surface area contributed by atoms with E-state index in [9.17, 15) is 9.59 Å². The Hall–Kier alpha value is -1.95. The zero-order valence-electron chi connectivity index (χ0n) is 15.4. The van der Waals surface area contributed by atoms with Gasteiger partial charge in [0.15, 0.2) is 11.5 Å². The summed E-state index contributed by atoms with van der Waals surface area (Å²) >= 11 is 6.36. The average Bonchev–Trinajstić information content (AvgIpc) is 2.63. The minimum Gasteiger partial charge on any atom is -0.490 e. The molecule has 2 N–H and O–H groups in total. The van der Waals surface area contributed by atoms with E-state index >= 15 is 0 Å². The minimum atomic E-state index is -0.578. The molecule has 1 heterocycles. The monoisotopic (exact) mass is 382 g/mol. The fourth-order valence-corrected chi connectivity index (χ4v) is 3.31. The van der Waals surface area contributed by atoms with Crippen LogP contribution in [0.1, 0.15) is 56.3 Å². The number of likely N-dealkylation sites (tertiary alicyclic amines) is 1. The fraction of sp³-hybridized carbons (Fsp3) is 0.579. The Morgan fingerprint density at radius 3 is 2.69 bits per heavy atom. The summed E-state index contributed by atoms with van der Waals surface area (Å²) in [4.78, 5) is 26.2. The Bertz CT molecular complexity index is 651. The number of halogens is 1. The van der Waals surface area contributed by atoms with Crippen molar-refractivity contribution in [2.75, 3.05) is 19.8 Å². The van der Waals surface area contributed by atoms with Crippen LogP contribution in [0, 0.1) is 0 Å². The van der Waals surface area contributed by atoms with E-state index in [1.807, 2.05) is 6.92 Å². The molecule has 2 amide bonds. The van der Waals surface area contributed by atoms with Crippen LogP contribution in [0.2, 0.25) is 5.02 Å². The number of benzene rings is 1. The van der Waals surface area contributed by atoms with E-state index in [0.29, 0.717) is 48.3 Å². The number of unbranched alkanes of at least 4 members (excludes halogenated alkanes) is 1. The second-order valence-electron chi connectivity index (χ2n) is 6.33. The topological polar surface area (TPSA) is 81.9 Å². The van der Waals surface area contributed by atoms with Crippen LogP contribution in [0.15, 0.2) is 12.1 Å². The number of primary amides is 1. The van der Waals surface area contributed by atoms with E-state index in [4.69, 9.17) is 26.8 Å². The predicted octanol–water partition coefficient (Wildman–Crippen LogP) is 3.40. The van der Waals surface area contributed by atoms with Gasteiger partial charge in [-0.05, 0) is 44.7 Å². The molecule has 0 bridgehead atoms. The largest absolute Gasteiger partial charge is 0.490 e. The first-order valence-corrected chi connectivity index (χ1v) is 9.56. The van der Waals surface area contributed by atoms with E-state index in [-0.39, 0.29) is 5.91 Å². The number of hydrogen-bond donors (Lipinski definition) is 1. The minimum absolute atomic E-state index is 0.267. The van der Waals surface area contributed by atoms with E-state index in [2.05, 4.69) is 6.92 Å². The molecule has 1 aliphatic rings. The van der Waals surface area contributed by atoms with Gasteiger partial charge in [-0.3, -0.25) is 9.59 Å². The Morgan fingerprint density at radius 2 is 2.04 bits per heavy atom. The molecule has 1 aliphatic heterocycles. The zero-order chi connectivity index (χ0) is 19.1. The third kappa shape index (κ3) is 4.81. The van der Waals surface area contributed by atoms with Crippen molar-refractivity contribution in [3.8, 4) is 11.5 Å². The number of hydrogen-bond acceptors (Lipinski definition) is 4. The molecule has 7 heteroatoms. The van der Waals surface area contributed by atoms with Gasteiger partial charge in [0, 0.05) is 12.1 Å². The maximum absolute atomic E-state index is 13.0. The van der Waals surface area contributed by atoms with Crippen molar-refractivity contribution in [3.05, 3.63) is 22.7 Å². The lowest BCUT2D eigenvalue weighted by Crippen LogP contribution is -2.50. The SMILES string of the molecule is CCCCOc1c(Cl)cc(C(=O)N2CCCCC2C(N)=O)cc1OCC. The molecular formula is C19H27ClN2O4. The quantitative estimate of drug-likeness (QED) is 0.698. The standard InChI is InChI=1S/C19H27ClN2O4/c1-3-5-10-26-17-14(20)11-13(12-16(17)25-4-2)19(24)22-9-7-6-8-15(22)18(21)23/h11-12,15H,3-10H2,1-2H3,(H2,21,23). The zero-order valence-corrected chi connectivity index (χ0v) is 16.2. The van der Waals surface area contributed by atoms with Crippen LogP contribution >= 0.6 is 11.6 Å². The van der Waals surface area contributed by atoms with E-state index < -0.39 is 11.9 Å². The lowest BCUT2D eigenvalue weighted by Gasteiger charge is -2.33. The van der Waals surface area contributed by atoms with Gasteiger partial charge < -0.3 is 20.1 Å². The summed E-state index contributed by atoms with van der Waals surface area (Å²) in [5, 5.41) is 0.322. The van der Waals surface area contributed by atoms with Crippen molar-refractivity contribution >= 4 is 23.4 Å². The molecule has 144 valence electrons. The molecule has 1 unspecified atom stereocenters. The number of nitrogens with zero attached hydrogens (tertiary/aromatic N) is 1. The maximum atomic E-state index is 13.0. The maximum Gasteiger partial charge on any atom is 0.254 e. The van der Waals surface area contributed by atoms with Gasteiger partial charge in [0.05, 0.1) is 18.2 Å². The second-order valence-corrected chi connectivity index (χ2v) is 6.74. The molecule has 1 aromatic carbocycles. The van der Waals surface area contributed by atoms with Gasteiger partial charge in [-0.2, -0.15) is 0 Å². The van der Waals surface area contributed by atoms with Gasteiger partial charge in [-0.25, -0.2) is 0 Å². The van der Waals surface area contributed by atoms with Crippen molar-refractivity contribution in [1.82, 2.24) is 4.90 Å². The number of carbonyl (C=O) groups excluding carboxylic acids is 2. The Morgan fingerprint density at radius 1 is 1.27 bits per heavy atom. The molecule has 0 saturated carbocycles. The Balaban J connectivity index is 2.30. The fourth-order valence-electron chi connectivity index (χ4n) is 3.05. The van der Waals surface area contributed by atoms with Crippen molar-refractivity contribution in [2.24, 2.45) is 5.73 Å². The molecule has 0 aliphatic carbocycles. The molecular weight excluding hydrogens is 356 g/mol. The molecule has 6 nitrogen and oxygen atoms in total. The average molecular weight is 383 g/mol. The summed E-state index contributed by atoms with van der Waals surface area (Å²) in [5.41, 5.74) is 5.84. The molecule has 1 saturated heterocycles. The molecule has 2 rings (SSSR count). The lowest BCUT2D eigenvalue weighted by atomic mass is 10.00. The van der Waals surface area contributed by atoms with Gasteiger partial charge in [0.25, 0.3) is 5.91 Å². The molecule has 0 aromatic heterocycles. The normalized spacial score (nSPS) is 17.0. The number of carbonyl (C=O) groups is 2. The van der Waals surface area contributed by atoms with Crippen LogP contribution in [-0.4, -0.2) is 42.5 Å². The Kier molecular flexibility index (Phi) is 7.57. The molecule has 26 heavy (non-hydrogen) atoms. The lowest BCUT2D eigenvalue weighted by molar-refractivity contribution is -0.123. The number of rotatable bonds is 8. The predicted molar refractivity (Wildman–Crippen MR) is 101 cm³/mol. The highest BCUT2D eigenvalue weighted by Gasteiger charge is 2.32. The summed E-state index contributed by atoms with van der Waals surface area (Å²) in [6, 6.07) is 2.62. The highest BCUT2D eigenvalue weighted by molar-refractivity contribution is 6.32. The number of nitrogens with two attached hydrogens (primary N) is 1. The van der Waals surface area contributed by atoms with Crippen molar-refractivity contribution in [3.63, 3.8) is 0 Å². The van der Waals surface area contributed by atoms with E-state index in [1.54, 1.807) is 12.1 Å². The smallest absolute Gasteiger partial charge is 0.254 e. The summed E-state index contributed by atoms with van der Waals surface area (Å²) in [6.45, 7) is 5.38. The summed E-state index contributed by atoms with van der Waals surface area (Å²) in [6.07, 6.45) is 4.22. The third-order valence-electron chi connectivity index (χ3n) is 4.39. The highest BCUT2D eigenvalue weighted by atomic mass is 35.5. The van der Waals surface area contributed by atoms with Crippen molar-refractivity contribution < 1.29 is 19.1 Å². The van der Waals surface area contributed by atoms with Crippen LogP contribution < -0.4 is 15.2 Å². The molecule has 1 fully saturated rings. The first kappa shape index (κ1) is 20.4. The molecule has 1 aromatic rings. The molecule has 0 radical (unpaired) electrons. The van der Waals surface area contributed by atoms with E-state index in [0.717, 1.165) is 25.7 Å². The van der Waals surface area contributed by atoms with Gasteiger partial charge >= 0.3 is 0 Å². The number of piperidine rings is 1. The van der Waals surface area contributed by atoms with Crippen LogP contribution in [0.5, 0.6) is 11.5 Å². The van der Waals surface area contributed by atoms with Crippen LogP contribution in [-0.2, 0) is 4.79 Å². The van der Waals surface area contributed by atoms with Gasteiger partial charge in [0.2, 0.25) is 5.91 Å². The third-order valence-corrected chi connectivity index (χ3v) is 4.67. The number of ether oxygens (including phenoxy) is 2. The molecule has 0 spiro atoms. The first-order valence-electron chi connectivity index (χ1n) is 9.19. The second kappa shape index (κ2) is 9.67. The first-order chi connectivity index (χ1) is 12.5. The summed E-state index contributed by atoms with van der Waals surface area (Å²) in [5.74, 6) is 0.140. The Labute approximate surface area is 159 Å². The highest BCUT2D eigenvalue weighted by Crippen LogP contribution is 2.37. The van der Waals surface area contributed by atoms with Crippen LogP contribution in [0.25, 0.3) is 0 Å². The van der Waals surface area contributed by atoms with E-state index in [1.165, 1.54) is 4.90 Å². The van der Waals surface area contributed by atoms with Gasteiger partial charge in [-0.1, -0.05) is 24.9 Å². The molecule has 1 atom stereocenters. The summed E-state index contributed by atoms with van der Waals surface area (Å²) < 4.78 is 11.4. The van der Waals surface area contributed by atoms with Crippen LogP contribution in [0.4, 0.5) is 0 Å². The van der Waals surface area contributed by atoms with Crippen LogP contribution in [0.3, 0.4) is 0 Å². The number of amides is 2. The summed E-state index contributed by atoms with van der Waals surface area (Å²) in [7, 11) is 0.